The van der Waals surface area contributed by atoms with Crippen LogP contribution in [0, 0.1) is 17.3 Å². The van der Waals surface area contributed by atoms with Crippen molar-refractivity contribution in [3.8, 4) is 0 Å². The number of hydrogen-bond acceptors (Lipinski definition) is 5. The second-order valence-electron chi connectivity index (χ2n) is 9.78. The van der Waals surface area contributed by atoms with Crippen LogP contribution >= 0.6 is 0 Å². The summed E-state index contributed by atoms with van der Waals surface area (Å²) in [6.45, 7) is 1.06. The van der Waals surface area contributed by atoms with Crippen LogP contribution in [0.1, 0.15) is 71.1 Å². The molecule has 0 spiro atoms. The maximum absolute atomic E-state index is 13.0. The Hall–Kier alpha value is -2.12. The first kappa shape index (κ1) is 20.2. The van der Waals surface area contributed by atoms with Crippen LogP contribution in [0.3, 0.4) is 0 Å². The van der Waals surface area contributed by atoms with Gasteiger partial charge in [0.15, 0.2) is 6.61 Å². The summed E-state index contributed by atoms with van der Waals surface area (Å²) in [4.78, 5) is 48.7. The highest BCUT2D eigenvalue weighted by Gasteiger charge is 2.61. The quantitative estimate of drug-likeness (QED) is 0.603. The first-order chi connectivity index (χ1) is 13.8. The van der Waals surface area contributed by atoms with Gasteiger partial charge in [-0.25, -0.2) is 4.79 Å². The van der Waals surface area contributed by atoms with Gasteiger partial charge in [0.05, 0.1) is 5.41 Å². The normalized spacial score (nSPS) is 35.2. The summed E-state index contributed by atoms with van der Waals surface area (Å²) in [7, 11) is 0. The Morgan fingerprint density at radius 1 is 1.00 bits per heavy atom. The minimum Gasteiger partial charge on any atom is -0.455 e. The van der Waals surface area contributed by atoms with Crippen molar-refractivity contribution >= 4 is 23.8 Å². The summed E-state index contributed by atoms with van der Waals surface area (Å²) in [5.41, 5.74) is -0.947. The molecule has 8 heteroatoms. The number of urea groups is 1. The van der Waals surface area contributed by atoms with E-state index in [2.05, 4.69) is 16.0 Å². The van der Waals surface area contributed by atoms with Crippen LogP contribution in [-0.2, 0) is 19.1 Å². The van der Waals surface area contributed by atoms with Gasteiger partial charge in [0, 0.05) is 18.5 Å². The van der Waals surface area contributed by atoms with Crippen molar-refractivity contribution in [2.45, 2.75) is 82.7 Å². The van der Waals surface area contributed by atoms with Crippen molar-refractivity contribution in [2.24, 2.45) is 17.3 Å². The molecular weight excluding hydrogens is 374 g/mol. The monoisotopic (exact) mass is 405 g/mol. The van der Waals surface area contributed by atoms with Crippen molar-refractivity contribution in [1.29, 1.82) is 0 Å². The zero-order valence-corrected chi connectivity index (χ0v) is 17.1. The van der Waals surface area contributed by atoms with E-state index in [1.807, 2.05) is 0 Å². The lowest BCUT2D eigenvalue weighted by Crippen LogP contribution is -2.64. The van der Waals surface area contributed by atoms with Gasteiger partial charge in [-0.1, -0.05) is 12.8 Å². The average Bonchev–Trinajstić information content (AvgIpc) is 3.10. The summed E-state index contributed by atoms with van der Waals surface area (Å²) >= 11 is 0. The van der Waals surface area contributed by atoms with Gasteiger partial charge < -0.3 is 15.4 Å². The first-order valence-corrected chi connectivity index (χ1v) is 10.8. The van der Waals surface area contributed by atoms with Crippen LogP contribution in [0.15, 0.2) is 0 Å². The average molecular weight is 405 g/mol. The molecule has 160 valence electrons. The molecule has 5 rings (SSSR count). The van der Waals surface area contributed by atoms with Gasteiger partial charge in [-0.15, -0.1) is 0 Å². The molecule has 0 saturated heterocycles. The maximum Gasteiger partial charge on any atom is 0.321 e. The molecule has 0 aromatic carbocycles. The summed E-state index contributed by atoms with van der Waals surface area (Å²) in [5.74, 6) is -0.241. The van der Waals surface area contributed by atoms with Gasteiger partial charge in [-0.2, -0.15) is 0 Å². The van der Waals surface area contributed by atoms with E-state index >= 15 is 0 Å². The van der Waals surface area contributed by atoms with E-state index in [-0.39, 0.29) is 23.5 Å². The highest BCUT2D eigenvalue weighted by molar-refractivity contribution is 5.95. The Balaban J connectivity index is 1.31. The van der Waals surface area contributed by atoms with Crippen LogP contribution < -0.4 is 16.0 Å². The topological polar surface area (TPSA) is 114 Å². The Kier molecular flexibility index (Phi) is 5.29. The third-order valence-electron chi connectivity index (χ3n) is 7.21. The lowest BCUT2D eigenvalue weighted by molar-refractivity contribution is -0.177. The number of ether oxygens (including phenoxy) is 1. The van der Waals surface area contributed by atoms with Crippen molar-refractivity contribution in [3.63, 3.8) is 0 Å². The first-order valence-electron chi connectivity index (χ1n) is 10.8. The summed E-state index contributed by atoms with van der Waals surface area (Å²) in [6, 6.07) is -0.417. The smallest absolute Gasteiger partial charge is 0.321 e. The molecular formula is C21H31N3O5. The second kappa shape index (κ2) is 7.61. The number of esters is 1. The minimum absolute atomic E-state index is 0.0666. The predicted molar refractivity (Wildman–Crippen MR) is 104 cm³/mol. The van der Waals surface area contributed by atoms with E-state index < -0.39 is 24.0 Å². The van der Waals surface area contributed by atoms with Crippen LogP contribution in [0.4, 0.5) is 4.79 Å². The maximum atomic E-state index is 13.0. The number of amides is 4. The third kappa shape index (κ3) is 4.26. The molecule has 4 amide bonds. The Labute approximate surface area is 170 Å². The number of imide groups is 1. The van der Waals surface area contributed by atoms with Gasteiger partial charge in [0.25, 0.3) is 5.91 Å². The molecule has 0 aromatic heterocycles. The number of carbonyl (C=O) groups excluding carboxylic acids is 4. The summed E-state index contributed by atoms with van der Waals surface area (Å²) < 4.78 is 5.37. The Bertz CT molecular complexity index is 701. The van der Waals surface area contributed by atoms with Gasteiger partial charge in [0.2, 0.25) is 5.91 Å². The van der Waals surface area contributed by atoms with Crippen molar-refractivity contribution in [3.05, 3.63) is 0 Å². The van der Waals surface area contributed by atoms with Crippen LogP contribution in [-0.4, -0.2) is 42.0 Å². The third-order valence-corrected chi connectivity index (χ3v) is 7.21. The van der Waals surface area contributed by atoms with Crippen LogP contribution in [0.2, 0.25) is 0 Å². The fraction of sp³-hybridized carbons (Fsp3) is 0.810. The molecule has 4 bridgehead atoms. The van der Waals surface area contributed by atoms with Crippen molar-refractivity contribution in [1.82, 2.24) is 16.0 Å². The van der Waals surface area contributed by atoms with Gasteiger partial charge >= 0.3 is 12.0 Å². The SMILES string of the molecule is CC(=O)NC12CC3CC(C1)CC(C(=O)OCC(=O)NC(=O)NC1CCCC1)(C3)C2. The zero-order valence-electron chi connectivity index (χ0n) is 17.1. The molecule has 2 atom stereocenters. The fourth-order valence-corrected chi connectivity index (χ4v) is 6.76. The van der Waals surface area contributed by atoms with E-state index in [0.717, 1.165) is 57.8 Å². The lowest BCUT2D eigenvalue weighted by Gasteiger charge is -2.60. The lowest BCUT2D eigenvalue weighted by atomic mass is 9.47. The van der Waals surface area contributed by atoms with E-state index in [1.165, 1.54) is 6.92 Å². The molecule has 5 aliphatic rings. The molecule has 5 fully saturated rings. The molecule has 2 unspecified atom stereocenters. The van der Waals surface area contributed by atoms with Crippen molar-refractivity contribution < 1.29 is 23.9 Å². The molecule has 0 radical (unpaired) electrons. The number of hydrogen-bond donors (Lipinski definition) is 3. The Morgan fingerprint density at radius 2 is 1.66 bits per heavy atom. The summed E-state index contributed by atoms with van der Waals surface area (Å²) in [6.07, 6.45) is 9.05. The molecule has 5 saturated carbocycles. The molecule has 0 heterocycles. The van der Waals surface area contributed by atoms with Crippen LogP contribution in [0.25, 0.3) is 0 Å². The van der Waals surface area contributed by atoms with E-state index in [1.54, 1.807) is 0 Å². The Morgan fingerprint density at radius 3 is 2.28 bits per heavy atom. The van der Waals surface area contributed by atoms with E-state index in [4.69, 9.17) is 4.74 Å². The number of rotatable bonds is 5. The van der Waals surface area contributed by atoms with Crippen LogP contribution in [0.5, 0.6) is 0 Å². The zero-order chi connectivity index (χ0) is 20.6. The van der Waals surface area contributed by atoms with E-state index in [0.29, 0.717) is 18.3 Å². The molecule has 3 N–H and O–H groups in total. The predicted octanol–water partition coefficient (Wildman–Crippen LogP) is 1.77. The fourth-order valence-electron chi connectivity index (χ4n) is 6.76. The highest BCUT2D eigenvalue weighted by Crippen LogP contribution is 2.62. The standard InChI is InChI=1S/C21H31N3O5/c1-13(25)24-21-9-14-6-15(10-21)8-20(7-14,12-21)18(27)29-11-17(26)23-19(28)22-16-4-2-3-5-16/h14-16H,2-12H2,1H3,(H,24,25)(H2,22,23,26,28). The van der Waals surface area contributed by atoms with Gasteiger partial charge in [-0.05, 0) is 63.2 Å². The number of nitrogens with one attached hydrogen (secondary N) is 3. The van der Waals surface area contributed by atoms with Gasteiger partial charge in [0.1, 0.15) is 0 Å². The largest absolute Gasteiger partial charge is 0.455 e. The summed E-state index contributed by atoms with van der Waals surface area (Å²) in [5, 5.41) is 8.14. The molecule has 29 heavy (non-hydrogen) atoms. The minimum atomic E-state index is -0.626. The van der Waals surface area contributed by atoms with Gasteiger partial charge in [-0.3, -0.25) is 19.7 Å². The molecule has 0 aromatic rings. The van der Waals surface area contributed by atoms with Crippen molar-refractivity contribution in [2.75, 3.05) is 6.61 Å². The molecule has 8 nitrogen and oxygen atoms in total. The second-order valence-corrected chi connectivity index (χ2v) is 9.78. The number of carbonyl (C=O) groups is 4. The molecule has 0 aliphatic heterocycles. The van der Waals surface area contributed by atoms with E-state index in [9.17, 15) is 19.2 Å². The molecule has 5 aliphatic carbocycles. The highest BCUT2D eigenvalue weighted by atomic mass is 16.5.